The van der Waals surface area contributed by atoms with E-state index < -0.39 is 12.0 Å². The molecule has 8 heteroatoms. The number of hydrogen-bond acceptors (Lipinski definition) is 3. The zero-order chi connectivity index (χ0) is 19.3. The van der Waals surface area contributed by atoms with Crippen LogP contribution >= 0.6 is 11.6 Å². The minimum absolute atomic E-state index is 0.244. The molecule has 0 aromatic heterocycles. The molecular weight excluding hydrogens is 361 g/mol. The largest absolute Gasteiger partial charge is 0.463 e. The van der Waals surface area contributed by atoms with Gasteiger partial charge in [-0.2, -0.15) is 0 Å². The van der Waals surface area contributed by atoms with Crippen molar-refractivity contribution in [3.63, 3.8) is 0 Å². The summed E-state index contributed by atoms with van der Waals surface area (Å²) in [5.74, 6) is -0.837. The SMILES string of the molecule is CCOC(=O)C1=C(C[NH+](C)Cc2c(F)cccc2Cl)NC(=O)N[C@@H]1CC. The maximum absolute atomic E-state index is 14.0. The van der Waals surface area contributed by atoms with Gasteiger partial charge in [-0.25, -0.2) is 14.0 Å². The van der Waals surface area contributed by atoms with E-state index in [1.54, 1.807) is 19.1 Å². The van der Waals surface area contributed by atoms with Crippen LogP contribution in [0.3, 0.4) is 0 Å². The third-order valence-corrected chi connectivity index (χ3v) is 4.52. The molecule has 0 radical (unpaired) electrons. The van der Waals surface area contributed by atoms with Gasteiger partial charge in [0.05, 0.1) is 41.6 Å². The lowest BCUT2D eigenvalue weighted by atomic mass is 10.00. The van der Waals surface area contributed by atoms with E-state index in [2.05, 4.69) is 10.6 Å². The molecule has 1 heterocycles. The van der Waals surface area contributed by atoms with Gasteiger partial charge in [0.25, 0.3) is 0 Å². The molecule has 1 aliphatic rings. The van der Waals surface area contributed by atoms with Crippen LogP contribution in [0.1, 0.15) is 25.8 Å². The molecule has 3 N–H and O–H groups in total. The van der Waals surface area contributed by atoms with Gasteiger partial charge in [0.1, 0.15) is 18.9 Å². The molecule has 26 heavy (non-hydrogen) atoms. The molecule has 142 valence electrons. The van der Waals surface area contributed by atoms with Gasteiger partial charge in [0.15, 0.2) is 0 Å². The average molecular weight is 385 g/mol. The molecule has 2 atom stereocenters. The van der Waals surface area contributed by atoms with Crippen molar-refractivity contribution in [2.45, 2.75) is 32.9 Å². The van der Waals surface area contributed by atoms with Crippen LogP contribution in [0.4, 0.5) is 9.18 Å². The number of benzene rings is 1. The Hall–Kier alpha value is -2.12. The van der Waals surface area contributed by atoms with Crippen molar-refractivity contribution in [2.24, 2.45) is 0 Å². The summed E-state index contributed by atoms with van der Waals surface area (Å²) in [7, 11) is 1.84. The second-order valence-corrected chi connectivity index (χ2v) is 6.59. The zero-order valence-electron chi connectivity index (χ0n) is 15.1. The van der Waals surface area contributed by atoms with Gasteiger partial charge in [0.2, 0.25) is 0 Å². The van der Waals surface area contributed by atoms with Gasteiger partial charge in [-0.05, 0) is 25.5 Å². The van der Waals surface area contributed by atoms with Crippen LogP contribution in [0.15, 0.2) is 29.5 Å². The third-order valence-electron chi connectivity index (χ3n) is 4.17. The normalized spacial score (nSPS) is 18.2. The predicted octanol–water partition coefficient (Wildman–Crippen LogP) is 1.40. The molecule has 0 aliphatic carbocycles. The predicted molar refractivity (Wildman–Crippen MR) is 96.3 cm³/mol. The topological polar surface area (TPSA) is 71.9 Å². The highest BCUT2D eigenvalue weighted by Gasteiger charge is 2.33. The summed E-state index contributed by atoms with van der Waals surface area (Å²) in [6.07, 6.45) is 0.559. The molecular formula is C18H24ClFN3O3+. The van der Waals surface area contributed by atoms with Gasteiger partial charge in [0, 0.05) is 0 Å². The molecule has 1 aromatic rings. The lowest BCUT2D eigenvalue weighted by Crippen LogP contribution is -3.08. The van der Waals surface area contributed by atoms with E-state index >= 15 is 0 Å². The number of rotatable bonds is 7. The van der Waals surface area contributed by atoms with E-state index in [9.17, 15) is 14.0 Å². The number of ether oxygens (including phenoxy) is 1. The maximum Gasteiger partial charge on any atom is 0.338 e. The van der Waals surface area contributed by atoms with Crippen molar-refractivity contribution in [3.05, 3.63) is 45.9 Å². The Bertz CT molecular complexity index is 703. The molecule has 1 aliphatic heterocycles. The number of amides is 2. The summed E-state index contributed by atoms with van der Waals surface area (Å²) in [5, 5.41) is 5.78. The van der Waals surface area contributed by atoms with Crippen LogP contribution in [0.25, 0.3) is 0 Å². The van der Waals surface area contributed by atoms with E-state index in [1.807, 2.05) is 14.0 Å². The van der Waals surface area contributed by atoms with Gasteiger partial charge in [-0.15, -0.1) is 0 Å². The standard InChI is InChI=1S/C18H23ClFN3O3/c1-4-14-16(17(24)26-5-2)15(22-18(25)21-14)10-23(3)9-11-12(19)7-6-8-13(11)20/h6-8,14H,4-5,9-10H2,1-3H3,(H2,21,22,25)/p+1/t14-/m1/s1. The summed E-state index contributed by atoms with van der Waals surface area (Å²) >= 11 is 6.09. The van der Waals surface area contributed by atoms with E-state index in [1.165, 1.54) is 6.07 Å². The maximum atomic E-state index is 14.0. The van der Waals surface area contributed by atoms with Gasteiger partial charge in [-0.1, -0.05) is 24.6 Å². The van der Waals surface area contributed by atoms with Crippen molar-refractivity contribution >= 4 is 23.6 Å². The molecule has 0 saturated heterocycles. The molecule has 6 nitrogen and oxygen atoms in total. The number of carbonyl (C=O) groups excluding carboxylic acids is 2. The van der Waals surface area contributed by atoms with Crippen LogP contribution in [-0.4, -0.2) is 38.2 Å². The van der Waals surface area contributed by atoms with E-state index in [0.29, 0.717) is 41.4 Å². The van der Waals surface area contributed by atoms with Crippen LogP contribution in [-0.2, 0) is 16.1 Å². The van der Waals surface area contributed by atoms with E-state index in [0.717, 1.165) is 4.90 Å². The molecule has 1 unspecified atom stereocenters. The lowest BCUT2D eigenvalue weighted by Gasteiger charge is -2.29. The number of nitrogens with one attached hydrogen (secondary N) is 3. The second kappa shape index (κ2) is 9.00. The first-order valence-electron chi connectivity index (χ1n) is 8.59. The summed E-state index contributed by atoms with van der Waals surface area (Å²) in [6, 6.07) is 3.77. The highest BCUT2D eigenvalue weighted by Crippen LogP contribution is 2.18. The Morgan fingerprint density at radius 2 is 2.08 bits per heavy atom. The summed E-state index contributed by atoms with van der Waals surface area (Å²) < 4.78 is 19.1. The first-order valence-corrected chi connectivity index (χ1v) is 8.97. The summed E-state index contributed by atoms with van der Waals surface area (Å²) in [4.78, 5) is 25.2. The van der Waals surface area contributed by atoms with Crippen molar-refractivity contribution in [1.29, 1.82) is 0 Å². The Balaban J connectivity index is 2.26. The van der Waals surface area contributed by atoms with Crippen molar-refractivity contribution in [3.8, 4) is 0 Å². The van der Waals surface area contributed by atoms with E-state index in [4.69, 9.17) is 16.3 Å². The quantitative estimate of drug-likeness (QED) is 0.622. The number of carbonyl (C=O) groups is 2. The number of quaternary nitrogens is 1. The number of halogens is 2. The Kier molecular flexibility index (Phi) is 6.99. The highest BCUT2D eigenvalue weighted by molar-refractivity contribution is 6.31. The molecule has 1 aromatic carbocycles. The van der Waals surface area contributed by atoms with Gasteiger partial charge < -0.3 is 20.3 Å². The van der Waals surface area contributed by atoms with Crippen molar-refractivity contribution in [1.82, 2.24) is 10.6 Å². The molecule has 2 rings (SSSR count). The average Bonchev–Trinajstić information content (AvgIpc) is 2.57. The molecule has 0 fully saturated rings. The van der Waals surface area contributed by atoms with Crippen molar-refractivity contribution in [2.75, 3.05) is 20.2 Å². The van der Waals surface area contributed by atoms with Crippen LogP contribution in [0, 0.1) is 5.82 Å². The Morgan fingerprint density at radius 1 is 1.35 bits per heavy atom. The second-order valence-electron chi connectivity index (χ2n) is 6.18. The fourth-order valence-corrected chi connectivity index (χ4v) is 3.20. The van der Waals surface area contributed by atoms with Gasteiger partial charge >= 0.3 is 12.0 Å². The molecule has 0 bridgehead atoms. The molecule has 0 spiro atoms. The number of urea groups is 1. The fraction of sp³-hybridized carbons (Fsp3) is 0.444. The van der Waals surface area contributed by atoms with Crippen molar-refractivity contribution < 1.29 is 23.6 Å². The van der Waals surface area contributed by atoms with E-state index in [-0.39, 0.29) is 18.5 Å². The minimum Gasteiger partial charge on any atom is -0.463 e. The first-order chi connectivity index (χ1) is 12.4. The fourth-order valence-electron chi connectivity index (χ4n) is 2.97. The summed E-state index contributed by atoms with van der Waals surface area (Å²) in [6.45, 7) is 4.48. The molecule has 0 saturated carbocycles. The third kappa shape index (κ3) is 4.74. The monoisotopic (exact) mass is 384 g/mol. The van der Waals surface area contributed by atoms with Crippen LogP contribution < -0.4 is 15.5 Å². The number of likely N-dealkylation sites (N-methyl/N-ethyl adjacent to an activating group) is 1. The highest BCUT2D eigenvalue weighted by atomic mass is 35.5. The minimum atomic E-state index is -0.460. The van der Waals surface area contributed by atoms with Gasteiger partial charge in [-0.3, -0.25) is 0 Å². The molecule has 2 amide bonds. The number of esters is 1. The Morgan fingerprint density at radius 3 is 2.69 bits per heavy atom. The first kappa shape index (κ1) is 20.2. The number of hydrogen-bond donors (Lipinski definition) is 3. The Labute approximate surface area is 157 Å². The van der Waals surface area contributed by atoms with Crippen LogP contribution in [0.2, 0.25) is 5.02 Å². The van der Waals surface area contributed by atoms with Crippen LogP contribution in [0.5, 0.6) is 0 Å². The smallest absolute Gasteiger partial charge is 0.338 e. The zero-order valence-corrected chi connectivity index (χ0v) is 15.9. The summed E-state index contributed by atoms with van der Waals surface area (Å²) in [5.41, 5.74) is 1.30. The lowest BCUT2D eigenvalue weighted by molar-refractivity contribution is -0.889.